The van der Waals surface area contributed by atoms with Crippen molar-refractivity contribution in [3.63, 3.8) is 0 Å². The van der Waals surface area contributed by atoms with E-state index in [1.165, 1.54) is 12.4 Å². The monoisotopic (exact) mass is 433 g/mol. The van der Waals surface area contributed by atoms with E-state index in [0.29, 0.717) is 0 Å². The molecule has 3 rings (SSSR count). The molecular weight excluding hydrogens is 406 g/mol. The summed E-state index contributed by atoms with van der Waals surface area (Å²) in [5.41, 5.74) is 2.72. The fraction of sp³-hybridized carbons (Fsp3) is 0.250. The highest BCUT2D eigenvalue weighted by Crippen LogP contribution is 2.21. The maximum Gasteiger partial charge on any atom is 0.245 e. The van der Waals surface area contributed by atoms with Gasteiger partial charge in [0.1, 0.15) is 24.4 Å². The van der Waals surface area contributed by atoms with Crippen molar-refractivity contribution in [1.29, 1.82) is 0 Å². The Labute approximate surface area is 187 Å². The topological polar surface area (TPSA) is 89.4 Å². The number of aromatic nitrogens is 3. The van der Waals surface area contributed by atoms with Crippen molar-refractivity contribution in [2.24, 2.45) is 0 Å². The average molecular weight is 434 g/mol. The minimum absolute atomic E-state index is 0.165. The van der Waals surface area contributed by atoms with E-state index in [0.717, 1.165) is 22.6 Å². The van der Waals surface area contributed by atoms with Crippen LogP contribution in [0.2, 0.25) is 0 Å². The number of nitrogens with zero attached hydrogens (tertiary/aromatic N) is 4. The van der Waals surface area contributed by atoms with Crippen molar-refractivity contribution >= 4 is 17.9 Å². The van der Waals surface area contributed by atoms with E-state index in [2.05, 4.69) is 15.4 Å². The number of ether oxygens (including phenoxy) is 1. The summed E-state index contributed by atoms with van der Waals surface area (Å²) in [7, 11) is 3.33. The van der Waals surface area contributed by atoms with E-state index in [9.17, 15) is 9.59 Å². The first-order chi connectivity index (χ1) is 15.4. The third kappa shape index (κ3) is 5.60. The molecule has 8 nitrogen and oxygen atoms in total. The minimum Gasteiger partial charge on any atom is -0.497 e. The average Bonchev–Trinajstić information content (AvgIpc) is 3.36. The number of likely N-dealkylation sites (N-methyl/N-ethyl adjacent to an activating group) is 1. The molecule has 0 radical (unpaired) electrons. The third-order valence-corrected chi connectivity index (χ3v) is 5.26. The lowest BCUT2D eigenvalue weighted by Gasteiger charge is -2.28. The SMILES string of the molecule is COc1ccc(C=CC(=O)NC(C)C(=O)N(C)C(C)c2ccc(-n3cncn3)cc2)cc1. The van der Waals surface area contributed by atoms with Crippen molar-refractivity contribution < 1.29 is 14.3 Å². The molecule has 0 fully saturated rings. The fourth-order valence-electron chi connectivity index (χ4n) is 3.18. The molecule has 0 aliphatic rings. The second-order valence-electron chi connectivity index (χ2n) is 7.39. The molecule has 0 saturated carbocycles. The fourth-order valence-corrected chi connectivity index (χ4v) is 3.18. The van der Waals surface area contributed by atoms with Crippen molar-refractivity contribution in [1.82, 2.24) is 25.0 Å². The molecule has 0 bridgehead atoms. The Morgan fingerprint density at radius 2 is 1.78 bits per heavy atom. The van der Waals surface area contributed by atoms with Gasteiger partial charge >= 0.3 is 0 Å². The molecule has 1 heterocycles. The maximum absolute atomic E-state index is 12.8. The summed E-state index contributed by atoms with van der Waals surface area (Å²) in [5, 5.41) is 6.83. The van der Waals surface area contributed by atoms with Gasteiger partial charge in [0.25, 0.3) is 0 Å². The molecular formula is C24H27N5O3. The van der Waals surface area contributed by atoms with E-state index in [4.69, 9.17) is 4.74 Å². The molecule has 1 aromatic heterocycles. The van der Waals surface area contributed by atoms with Gasteiger partial charge in [-0.05, 0) is 55.3 Å². The van der Waals surface area contributed by atoms with Crippen molar-refractivity contribution in [3.8, 4) is 11.4 Å². The lowest BCUT2D eigenvalue weighted by Crippen LogP contribution is -2.45. The van der Waals surface area contributed by atoms with Gasteiger partial charge in [0.05, 0.1) is 18.8 Å². The minimum atomic E-state index is -0.662. The summed E-state index contributed by atoms with van der Waals surface area (Å²) in [4.78, 5) is 30.7. The molecule has 1 N–H and O–H groups in total. The van der Waals surface area contributed by atoms with E-state index >= 15 is 0 Å². The van der Waals surface area contributed by atoms with E-state index < -0.39 is 6.04 Å². The van der Waals surface area contributed by atoms with E-state index in [-0.39, 0.29) is 17.9 Å². The number of carbonyl (C=O) groups is 2. The zero-order valence-corrected chi connectivity index (χ0v) is 18.6. The van der Waals surface area contributed by atoms with Crippen LogP contribution in [0.3, 0.4) is 0 Å². The van der Waals surface area contributed by atoms with Crippen LogP contribution in [0.25, 0.3) is 11.8 Å². The molecule has 166 valence electrons. The molecule has 2 atom stereocenters. The molecule has 0 aliphatic carbocycles. The normalized spacial score (nSPS) is 12.9. The molecule has 3 aromatic rings. The highest BCUT2D eigenvalue weighted by molar-refractivity contribution is 5.95. The van der Waals surface area contributed by atoms with Gasteiger partial charge in [0, 0.05) is 13.1 Å². The Kier molecular flexibility index (Phi) is 7.38. The number of methoxy groups -OCH3 is 1. The van der Waals surface area contributed by atoms with Crippen LogP contribution < -0.4 is 10.1 Å². The predicted molar refractivity (Wildman–Crippen MR) is 122 cm³/mol. The first kappa shape index (κ1) is 22.7. The van der Waals surface area contributed by atoms with Gasteiger partial charge < -0.3 is 15.0 Å². The van der Waals surface area contributed by atoms with Gasteiger partial charge in [0.15, 0.2) is 0 Å². The van der Waals surface area contributed by atoms with Gasteiger partial charge in [-0.25, -0.2) is 9.67 Å². The lowest BCUT2D eigenvalue weighted by atomic mass is 10.1. The Morgan fingerprint density at radius 3 is 2.38 bits per heavy atom. The van der Waals surface area contributed by atoms with Gasteiger partial charge in [-0.3, -0.25) is 9.59 Å². The number of rotatable bonds is 8. The van der Waals surface area contributed by atoms with Gasteiger partial charge in [-0.2, -0.15) is 5.10 Å². The third-order valence-electron chi connectivity index (χ3n) is 5.26. The molecule has 2 unspecified atom stereocenters. The van der Waals surface area contributed by atoms with Crippen LogP contribution in [-0.2, 0) is 9.59 Å². The quantitative estimate of drug-likeness (QED) is 0.552. The summed E-state index contributed by atoms with van der Waals surface area (Å²) in [6.07, 6.45) is 6.21. The summed E-state index contributed by atoms with van der Waals surface area (Å²) in [6.45, 7) is 3.62. The number of nitrogens with one attached hydrogen (secondary N) is 1. The van der Waals surface area contributed by atoms with Gasteiger partial charge in [0.2, 0.25) is 11.8 Å². The highest BCUT2D eigenvalue weighted by Gasteiger charge is 2.23. The van der Waals surface area contributed by atoms with Gasteiger partial charge in [-0.1, -0.05) is 24.3 Å². The van der Waals surface area contributed by atoms with Crippen molar-refractivity contribution in [2.45, 2.75) is 25.9 Å². The van der Waals surface area contributed by atoms with Crippen molar-refractivity contribution in [2.75, 3.05) is 14.2 Å². The van der Waals surface area contributed by atoms with Crippen LogP contribution in [0.15, 0.2) is 67.3 Å². The van der Waals surface area contributed by atoms with Crippen LogP contribution in [0.5, 0.6) is 5.75 Å². The number of amides is 2. The molecule has 2 aromatic carbocycles. The zero-order valence-electron chi connectivity index (χ0n) is 18.6. The number of hydrogen-bond acceptors (Lipinski definition) is 5. The second-order valence-corrected chi connectivity index (χ2v) is 7.39. The molecule has 0 aliphatic heterocycles. The van der Waals surface area contributed by atoms with Crippen molar-refractivity contribution in [3.05, 3.63) is 78.4 Å². The van der Waals surface area contributed by atoms with E-state index in [1.807, 2.05) is 55.5 Å². The van der Waals surface area contributed by atoms with Crippen LogP contribution in [0.4, 0.5) is 0 Å². The largest absolute Gasteiger partial charge is 0.497 e. The second kappa shape index (κ2) is 10.4. The molecule has 8 heteroatoms. The Bertz CT molecular complexity index is 1060. The van der Waals surface area contributed by atoms with Gasteiger partial charge in [-0.15, -0.1) is 0 Å². The molecule has 0 spiro atoms. The van der Waals surface area contributed by atoms with Crippen LogP contribution in [-0.4, -0.2) is 51.7 Å². The molecule has 0 saturated heterocycles. The molecule has 2 amide bonds. The summed E-state index contributed by atoms with van der Waals surface area (Å²) < 4.78 is 6.79. The smallest absolute Gasteiger partial charge is 0.245 e. The van der Waals surface area contributed by atoms with Crippen LogP contribution in [0, 0.1) is 0 Å². The zero-order chi connectivity index (χ0) is 23.1. The predicted octanol–water partition coefficient (Wildman–Crippen LogP) is 3.01. The number of benzene rings is 2. The summed E-state index contributed by atoms with van der Waals surface area (Å²) >= 11 is 0. The molecule has 32 heavy (non-hydrogen) atoms. The standard InChI is InChI=1S/C24H27N5O3/c1-17(27-23(30)14-7-19-5-12-22(32-4)13-6-19)24(31)28(3)18(2)20-8-10-21(11-9-20)29-16-25-15-26-29/h5-18H,1-4H3,(H,27,30). The Balaban J connectivity index is 1.56. The Morgan fingerprint density at radius 1 is 1.09 bits per heavy atom. The van der Waals surface area contributed by atoms with Crippen LogP contribution >= 0.6 is 0 Å². The van der Waals surface area contributed by atoms with E-state index in [1.54, 1.807) is 43.1 Å². The summed E-state index contributed by atoms with van der Waals surface area (Å²) in [5.74, 6) is 0.236. The highest BCUT2D eigenvalue weighted by atomic mass is 16.5. The number of hydrogen-bond donors (Lipinski definition) is 1. The van der Waals surface area contributed by atoms with Crippen LogP contribution in [0.1, 0.15) is 31.0 Å². The summed E-state index contributed by atoms with van der Waals surface area (Å²) in [6, 6.07) is 14.3. The first-order valence-electron chi connectivity index (χ1n) is 10.2. The Hall–Kier alpha value is -3.94. The first-order valence-corrected chi connectivity index (χ1v) is 10.2. The number of carbonyl (C=O) groups excluding carboxylic acids is 2. The lowest BCUT2D eigenvalue weighted by molar-refractivity contribution is -0.135. The maximum atomic E-state index is 12.8.